The lowest BCUT2D eigenvalue weighted by Gasteiger charge is -2.07. The average molecular weight is 283 g/mol. The highest BCUT2D eigenvalue weighted by atomic mass is 35.5. The Morgan fingerprint density at radius 3 is 2.84 bits per heavy atom. The number of nitrogens with one attached hydrogen (secondary N) is 1. The summed E-state index contributed by atoms with van der Waals surface area (Å²) in [7, 11) is 1.11. The molecule has 0 spiro atoms. The number of aromatic nitrogens is 3. The Hall–Kier alpha value is -2.28. The van der Waals surface area contributed by atoms with Crippen LogP contribution in [-0.2, 0) is 4.74 Å². The Balaban J connectivity index is 2.33. The van der Waals surface area contributed by atoms with E-state index in [1.807, 2.05) is 0 Å². The molecule has 19 heavy (non-hydrogen) atoms. The van der Waals surface area contributed by atoms with Gasteiger partial charge in [-0.15, -0.1) is 0 Å². The third-order valence-electron chi connectivity index (χ3n) is 2.10. The van der Waals surface area contributed by atoms with E-state index in [9.17, 15) is 9.18 Å². The highest BCUT2D eigenvalue weighted by Crippen LogP contribution is 2.21. The summed E-state index contributed by atoms with van der Waals surface area (Å²) in [6.07, 6.45) is 1.54. The first-order valence-corrected chi connectivity index (χ1v) is 5.49. The number of esters is 1. The van der Waals surface area contributed by atoms with Crippen LogP contribution in [0.4, 0.5) is 16.0 Å². The summed E-state index contributed by atoms with van der Waals surface area (Å²) in [6, 6.07) is 5.10. The summed E-state index contributed by atoms with van der Waals surface area (Å²) < 4.78 is 17.9. The molecular weight excluding hydrogens is 275 g/mol. The Kier molecular flexibility index (Phi) is 3.86. The zero-order valence-corrected chi connectivity index (χ0v) is 10.5. The zero-order chi connectivity index (χ0) is 13.8. The molecule has 0 radical (unpaired) electrons. The van der Waals surface area contributed by atoms with Crippen LogP contribution in [0.2, 0.25) is 5.15 Å². The molecule has 0 fully saturated rings. The molecule has 0 amide bonds. The number of carbonyl (C=O) groups is 1. The first-order chi connectivity index (χ1) is 9.11. The maximum absolute atomic E-state index is 13.6. The van der Waals surface area contributed by atoms with Crippen molar-refractivity contribution in [2.24, 2.45) is 0 Å². The second-order valence-electron chi connectivity index (χ2n) is 3.33. The van der Waals surface area contributed by atoms with Crippen molar-refractivity contribution < 1.29 is 13.9 Å². The number of pyridine rings is 1. The van der Waals surface area contributed by atoms with Gasteiger partial charge in [0.1, 0.15) is 5.82 Å². The fourth-order valence-electron chi connectivity index (χ4n) is 1.26. The van der Waals surface area contributed by atoms with Crippen molar-refractivity contribution in [3.05, 3.63) is 41.2 Å². The summed E-state index contributed by atoms with van der Waals surface area (Å²) in [5.41, 5.74) is -0.570. The van der Waals surface area contributed by atoms with Crippen molar-refractivity contribution in [1.29, 1.82) is 0 Å². The Labute approximate surface area is 112 Å². The van der Waals surface area contributed by atoms with Crippen LogP contribution in [0.3, 0.4) is 0 Å². The lowest BCUT2D eigenvalue weighted by Crippen LogP contribution is -2.11. The smallest absolute Gasteiger partial charge is 0.361 e. The van der Waals surface area contributed by atoms with E-state index in [1.165, 1.54) is 0 Å². The van der Waals surface area contributed by atoms with E-state index in [2.05, 4.69) is 25.0 Å². The fourth-order valence-corrected chi connectivity index (χ4v) is 1.43. The van der Waals surface area contributed by atoms with Crippen LogP contribution in [0.1, 0.15) is 10.5 Å². The summed E-state index contributed by atoms with van der Waals surface area (Å²) in [5, 5.41) is 2.53. The van der Waals surface area contributed by atoms with E-state index >= 15 is 0 Å². The summed E-state index contributed by atoms with van der Waals surface area (Å²) in [4.78, 5) is 22.3. The van der Waals surface area contributed by atoms with Gasteiger partial charge >= 0.3 is 5.97 Å². The van der Waals surface area contributed by atoms with E-state index in [-0.39, 0.29) is 11.0 Å². The molecule has 0 bridgehead atoms. The topological polar surface area (TPSA) is 77.0 Å². The van der Waals surface area contributed by atoms with Crippen LogP contribution in [0.25, 0.3) is 0 Å². The molecular formula is C11H8ClFN4O2. The first kappa shape index (κ1) is 13.2. The van der Waals surface area contributed by atoms with Crippen LogP contribution in [-0.4, -0.2) is 28.0 Å². The number of anilines is 2. The Morgan fingerprint density at radius 2 is 2.21 bits per heavy atom. The summed E-state index contributed by atoms with van der Waals surface area (Å²) in [5.74, 6) is -1.64. The standard InChI is InChI=1S/C11H8ClFN4O2/c1-19-11(18)7-9(13)17-10(8(12)16-7)15-6-4-2-3-5-14-6/h2-5H,1H3,(H,14,15,17). The van der Waals surface area contributed by atoms with Crippen LogP contribution >= 0.6 is 11.6 Å². The summed E-state index contributed by atoms with van der Waals surface area (Å²) in [6.45, 7) is 0. The highest BCUT2D eigenvalue weighted by molar-refractivity contribution is 6.31. The molecule has 8 heteroatoms. The quantitative estimate of drug-likeness (QED) is 0.870. The number of halogens is 2. The molecule has 0 aliphatic carbocycles. The maximum atomic E-state index is 13.6. The maximum Gasteiger partial charge on any atom is 0.361 e. The third kappa shape index (κ3) is 2.94. The largest absolute Gasteiger partial charge is 0.464 e. The zero-order valence-electron chi connectivity index (χ0n) is 9.72. The van der Waals surface area contributed by atoms with Gasteiger partial charge in [0, 0.05) is 6.20 Å². The van der Waals surface area contributed by atoms with Crippen molar-refractivity contribution in [1.82, 2.24) is 15.0 Å². The van der Waals surface area contributed by atoms with Gasteiger partial charge < -0.3 is 10.1 Å². The number of ether oxygens (including phenoxy) is 1. The van der Waals surface area contributed by atoms with Crippen molar-refractivity contribution in [3.8, 4) is 0 Å². The van der Waals surface area contributed by atoms with Crippen molar-refractivity contribution in [2.45, 2.75) is 0 Å². The normalized spacial score (nSPS) is 10.1. The minimum Gasteiger partial charge on any atom is -0.464 e. The van der Waals surface area contributed by atoms with E-state index < -0.39 is 17.6 Å². The van der Waals surface area contributed by atoms with Crippen molar-refractivity contribution in [3.63, 3.8) is 0 Å². The predicted octanol–water partition coefficient (Wildman–Crippen LogP) is 2.19. The molecule has 98 valence electrons. The number of rotatable bonds is 3. The van der Waals surface area contributed by atoms with Gasteiger partial charge in [0.25, 0.3) is 0 Å². The van der Waals surface area contributed by atoms with Gasteiger partial charge in [0.2, 0.25) is 11.6 Å². The average Bonchev–Trinajstić information content (AvgIpc) is 2.43. The van der Waals surface area contributed by atoms with Gasteiger partial charge in [0.05, 0.1) is 7.11 Å². The van der Waals surface area contributed by atoms with Crippen LogP contribution < -0.4 is 5.32 Å². The van der Waals surface area contributed by atoms with E-state index in [1.54, 1.807) is 24.4 Å². The SMILES string of the molecule is COC(=O)c1nc(Cl)c(Nc2ccccn2)nc1F. The molecule has 0 saturated carbocycles. The van der Waals surface area contributed by atoms with Gasteiger partial charge in [-0.3, -0.25) is 0 Å². The molecule has 2 heterocycles. The lowest BCUT2D eigenvalue weighted by molar-refractivity contribution is 0.0587. The molecule has 0 atom stereocenters. The monoisotopic (exact) mass is 282 g/mol. The van der Waals surface area contributed by atoms with E-state index in [4.69, 9.17) is 11.6 Å². The molecule has 6 nitrogen and oxygen atoms in total. The van der Waals surface area contributed by atoms with E-state index in [0.717, 1.165) is 7.11 Å². The fraction of sp³-hybridized carbons (Fsp3) is 0.0909. The Bertz CT molecular complexity index is 609. The molecule has 0 saturated heterocycles. The molecule has 0 aliphatic heterocycles. The minimum absolute atomic E-state index is 0.0366. The lowest BCUT2D eigenvalue weighted by atomic mass is 10.4. The van der Waals surface area contributed by atoms with Gasteiger partial charge in [0.15, 0.2) is 11.0 Å². The molecule has 2 aromatic heterocycles. The first-order valence-electron chi connectivity index (χ1n) is 5.11. The second kappa shape index (κ2) is 5.57. The van der Waals surface area contributed by atoms with Gasteiger partial charge in [-0.1, -0.05) is 17.7 Å². The number of nitrogens with zero attached hydrogens (tertiary/aromatic N) is 3. The molecule has 1 N–H and O–H groups in total. The van der Waals surface area contributed by atoms with Crippen molar-refractivity contribution in [2.75, 3.05) is 12.4 Å². The van der Waals surface area contributed by atoms with Gasteiger partial charge in [-0.25, -0.2) is 14.8 Å². The van der Waals surface area contributed by atoms with Gasteiger partial charge in [-0.05, 0) is 12.1 Å². The molecule has 0 unspecified atom stereocenters. The highest BCUT2D eigenvalue weighted by Gasteiger charge is 2.19. The number of hydrogen-bond donors (Lipinski definition) is 1. The number of hydrogen-bond acceptors (Lipinski definition) is 6. The minimum atomic E-state index is -1.07. The van der Waals surface area contributed by atoms with Crippen molar-refractivity contribution >= 4 is 29.2 Å². The van der Waals surface area contributed by atoms with Crippen LogP contribution in [0.15, 0.2) is 24.4 Å². The van der Waals surface area contributed by atoms with Crippen LogP contribution in [0, 0.1) is 5.95 Å². The van der Waals surface area contributed by atoms with Gasteiger partial charge in [-0.2, -0.15) is 9.37 Å². The number of carbonyl (C=O) groups excluding carboxylic acids is 1. The third-order valence-corrected chi connectivity index (χ3v) is 2.36. The van der Waals surface area contributed by atoms with Crippen LogP contribution in [0.5, 0.6) is 0 Å². The molecule has 2 aromatic rings. The Morgan fingerprint density at radius 1 is 1.42 bits per heavy atom. The molecule has 0 aliphatic rings. The number of methoxy groups -OCH3 is 1. The van der Waals surface area contributed by atoms with E-state index in [0.29, 0.717) is 5.82 Å². The summed E-state index contributed by atoms with van der Waals surface area (Å²) >= 11 is 5.81. The second-order valence-corrected chi connectivity index (χ2v) is 3.69. The molecule has 2 rings (SSSR count). The predicted molar refractivity (Wildman–Crippen MR) is 65.9 cm³/mol. The molecule has 0 aromatic carbocycles.